The number of hydrogen-bond acceptors (Lipinski definition) is 6. The topological polar surface area (TPSA) is 106 Å². The number of nitrogen functional groups attached to an aromatic ring is 1. The van der Waals surface area contributed by atoms with Crippen LogP contribution < -0.4 is 22.3 Å². The van der Waals surface area contributed by atoms with Gasteiger partial charge in [0.05, 0.1) is 6.54 Å². The average molecular weight is 309 g/mol. The van der Waals surface area contributed by atoms with Crippen molar-refractivity contribution >= 4 is 22.8 Å². The van der Waals surface area contributed by atoms with Gasteiger partial charge in [-0.05, 0) is 12.8 Å². The molecular weight excluding hydrogens is 290 g/mol. The lowest BCUT2D eigenvalue weighted by atomic mass is 10.2. The number of nitrogens with zero attached hydrogens (tertiary/aromatic N) is 2. The van der Waals surface area contributed by atoms with Crippen LogP contribution in [0.25, 0.3) is 0 Å². The number of aryl methyl sites for hydroxylation is 1. The number of H-pyrrole nitrogens is 1. The molecular formula is C13H19N5O2S. The Morgan fingerprint density at radius 1 is 1.48 bits per heavy atom. The predicted octanol–water partition coefficient (Wildman–Crippen LogP) is 1.15. The molecule has 2 aromatic heterocycles. The van der Waals surface area contributed by atoms with E-state index in [1.165, 1.54) is 4.57 Å². The zero-order valence-corrected chi connectivity index (χ0v) is 13.1. The van der Waals surface area contributed by atoms with Gasteiger partial charge in [0.15, 0.2) is 0 Å². The Kier molecular flexibility index (Phi) is 4.46. The Morgan fingerprint density at radius 3 is 2.76 bits per heavy atom. The van der Waals surface area contributed by atoms with Gasteiger partial charge in [-0.25, -0.2) is 9.78 Å². The van der Waals surface area contributed by atoms with Crippen molar-refractivity contribution in [3.63, 3.8) is 0 Å². The molecule has 2 rings (SSSR count). The molecule has 8 heteroatoms. The first-order chi connectivity index (χ1) is 9.88. The van der Waals surface area contributed by atoms with Crippen molar-refractivity contribution in [1.82, 2.24) is 14.5 Å². The molecule has 0 fully saturated rings. The van der Waals surface area contributed by atoms with Crippen LogP contribution in [0, 0.1) is 12.8 Å². The molecule has 0 atom stereocenters. The van der Waals surface area contributed by atoms with Gasteiger partial charge in [-0.15, -0.1) is 11.3 Å². The van der Waals surface area contributed by atoms with Gasteiger partial charge < -0.3 is 11.1 Å². The van der Waals surface area contributed by atoms with Crippen LogP contribution in [0.15, 0.2) is 15.8 Å². The molecule has 0 saturated carbocycles. The second kappa shape index (κ2) is 6.13. The molecule has 0 aliphatic carbocycles. The van der Waals surface area contributed by atoms with Crippen LogP contribution in [-0.2, 0) is 13.1 Å². The van der Waals surface area contributed by atoms with Gasteiger partial charge in [-0.2, -0.15) is 0 Å². The fourth-order valence-corrected chi connectivity index (χ4v) is 2.68. The van der Waals surface area contributed by atoms with E-state index in [0.29, 0.717) is 13.1 Å². The lowest BCUT2D eigenvalue weighted by molar-refractivity contribution is 0.508. The summed E-state index contributed by atoms with van der Waals surface area (Å²) in [6.45, 7) is 6.76. The number of hydrogen-bond donors (Lipinski definition) is 3. The van der Waals surface area contributed by atoms with Gasteiger partial charge in [-0.1, -0.05) is 13.8 Å². The van der Waals surface area contributed by atoms with Gasteiger partial charge in [0, 0.05) is 17.6 Å². The Labute approximate surface area is 125 Å². The van der Waals surface area contributed by atoms with E-state index < -0.39 is 11.2 Å². The highest BCUT2D eigenvalue weighted by atomic mass is 32.1. The SMILES string of the molecule is Cc1cnc(CNc2c(N)n(CC(C)C)c(=O)[nH]c2=O)s1. The van der Waals surface area contributed by atoms with Crippen LogP contribution in [0.5, 0.6) is 0 Å². The van der Waals surface area contributed by atoms with Crippen molar-refractivity contribution in [2.75, 3.05) is 11.1 Å². The highest BCUT2D eigenvalue weighted by Crippen LogP contribution is 2.16. The summed E-state index contributed by atoms with van der Waals surface area (Å²) in [6.07, 6.45) is 1.77. The summed E-state index contributed by atoms with van der Waals surface area (Å²) in [5.74, 6) is 0.399. The van der Waals surface area contributed by atoms with Crippen LogP contribution >= 0.6 is 11.3 Å². The third-order valence-corrected chi connectivity index (χ3v) is 3.79. The molecule has 0 aliphatic heterocycles. The third kappa shape index (κ3) is 3.52. The van der Waals surface area contributed by atoms with Crippen LogP contribution in [0.1, 0.15) is 23.7 Å². The van der Waals surface area contributed by atoms with E-state index in [4.69, 9.17) is 5.73 Å². The molecule has 0 radical (unpaired) electrons. The molecule has 0 aliphatic rings. The molecule has 2 heterocycles. The third-order valence-electron chi connectivity index (χ3n) is 2.87. The average Bonchev–Trinajstić information content (AvgIpc) is 2.80. The summed E-state index contributed by atoms with van der Waals surface area (Å²) in [5, 5.41) is 3.83. The first-order valence-electron chi connectivity index (χ1n) is 6.66. The maximum atomic E-state index is 11.9. The second-order valence-electron chi connectivity index (χ2n) is 5.24. The van der Waals surface area contributed by atoms with Crippen molar-refractivity contribution in [3.8, 4) is 0 Å². The molecule has 0 amide bonds. The summed E-state index contributed by atoms with van der Waals surface area (Å²) in [4.78, 5) is 31.3. The molecule has 4 N–H and O–H groups in total. The van der Waals surface area contributed by atoms with E-state index in [2.05, 4.69) is 15.3 Å². The van der Waals surface area contributed by atoms with Crippen LogP contribution in [0.4, 0.5) is 11.5 Å². The molecule has 0 bridgehead atoms. The highest BCUT2D eigenvalue weighted by Gasteiger charge is 2.13. The van der Waals surface area contributed by atoms with Gasteiger partial charge in [0.25, 0.3) is 5.56 Å². The van der Waals surface area contributed by atoms with Gasteiger partial charge in [0.2, 0.25) is 0 Å². The van der Waals surface area contributed by atoms with E-state index in [9.17, 15) is 9.59 Å². The summed E-state index contributed by atoms with van der Waals surface area (Å²) in [7, 11) is 0. The Bertz CT molecular complexity index is 744. The minimum Gasteiger partial charge on any atom is -0.383 e. The predicted molar refractivity (Wildman–Crippen MR) is 84.8 cm³/mol. The largest absolute Gasteiger partial charge is 0.383 e. The summed E-state index contributed by atoms with van der Waals surface area (Å²) in [5.41, 5.74) is 5.18. The summed E-state index contributed by atoms with van der Waals surface area (Å²) in [6, 6.07) is 0. The molecule has 0 saturated heterocycles. The van der Waals surface area contributed by atoms with Crippen LogP contribution in [0.2, 0.25) is 0 Å². The van der Waals surface area contributed by atoms with Crippen molar-refractivity contribution in [1.29, 1.82) is 0 Å². The smallest absolute Gasteiger partial charge is 0.330 e. The Morgan fingerprint density at radius 2 is 2.19 bits per heavy atom. The number of nitrogens with one attached hydrogen (secondary N) is 2. The molecule has 0 aromatic carbocycles. The number of anilines is 2. The minimum atomic E-state index is -0.509. The molecule has 7 nitrogen and oxygen atoms in total. The quantitative estimate of drug-likeness (QED) is 0.768. The van der Waals surface area contributed by atoms with E-state index in [0.717, 1.165) is 9.88 Å². The van der Waals surface area contributed by atoms with Crippen LogP contribution in [-0.4, -0.2) is 14.5 Å². The fourth-order valence-electron chi connectivity index (χ4n) is 1.95. The molecule has 0 spiro atoms. The Hall–Kier alpha value is -2.09. The fraction of sp³-hybridized carbons (Fsp3) is 0.462. The number of rotatable bonds is 5. The highest BCUT2D eigenvalue weighted by molar-refractivity contribution is 7.11. The Balaban J connectivity index is 2.30. The normalized spacial score (nSPS) is 11.0. The summed E-state index contributed by atoms with van der Waals surface area (Å²) < 4.78 is 1.38. The summed E-state index contributed by atoms with van der Waals surface area (Å²) >= 11 is 1.54. The lowest BCUT2D eigenvalue weighted by Crippen LogP contribution is -2.35. The first kappa shape index (κ1) is 15.3. The number of thiazole rings is 1. The van der Waals surface area contributed by atoms with Crippen molar-refractivity contribution < 1.29 is 0 Å². The zero-order valence-electron chi connectivity index (χ0n) is 12.3. The van der Waals surface area contributed by atoms with Crippen molar-refractivity contribution in [2.24, 2.45) is 5.92 Å². The number of aromatic amines is 1. The number of aromatic nitrogens is 3. The second-order valence-corrected chi connectivity index (χ2v) is 6.56. The zero-order chi connectivity index (χ0) is 15.6. The van der Waals surface area contributed by atoms with Crippen molar-refractivity contribution in [2.45, 2.75) is 33.9 Å². The minimum absolute atomic E-state index is 0.158. The lowest BCUT2D eigenvalue weighted by Gasteiger charge is -2.14. The molecule has 2 aromatic rings. The van der Waals surface area contributed by atoms with Gasteiger partial charge >= 0.3 is 5.69 Å². The number of nitrogens with two attached hydrogens (primary N) is 1. The van der Waals surface area contributed by atoms with E-state index in [-0.39, 0.29) is 17.4 Å². The molecule has 21 heavy (non-hydrogen) atoms. The maximum Gasteiger partial charge on any atom is 0.330 e. The standard InChI is InChI=1S/C13H19N5O2S/c1-7(2)6-18-11(14)10(12(19)17-13(18)20)16-5-9-15-4-8(3)21-9/h4,7,16H,5-6,14H2,1-3H3,(H,17,19,20). The van der Waals surface area contributed by atoms with E-state index in [1.807, 2.05) is 20.8 Å². The maximum absolute atomic E-state index is 11.9. The van der Waals surface area contributed by atoms with E-state index in [1.54, 1.807) is 17.5 Å². The monoisotopic (exact) mass is 309 g/mol. The first-order valence-corrected chi connectivity index (χ1v) is 7.48. The van der Waals surface area contributed by atoms with Gasteiger partial charge in [-0.3, -0.25) is 14.3 Å². The van der Waals surface area contributed by atoms with E-state index >= 15 is 0 Å². The van der Waals surface area contributed by atoms with Crippen LogP contribution in [0.3, 0.4) is 0 Å². The molecule has 114 valence electrons. The van der Waals surface area contributed by atoms with Gasteiger partial charge in [0.1, 0.15) is 16.5 Å². The van der Waals surface area contributed by atoms with Crippen molar-refractivity contribution in [3.05, 3.63) is 36.9 Å². The molecule has 0 unspecified atom stereocenters.